The Morgan fingerprint density at radius 3 is 2.52 bits per heavy atom. The van der Waals surface area contributed by atoms with E-state index in [2.05, 4.69) is 0 Å². The Kier molecular flexibility index (Phi) is 3.64. The zero-order valence-corrected chi connectivity index (χ0v) is 12.0. The number of rotatable bonds is 3. The number of aromatic nitrogens is 1. The van der Waals surface area contributed by atoms with Gasteiger partial charge in [-0.3, -0.25) is 9.36 Å². The number of benzene rings is 1. The summed E-state index contributed by atoms with van der Waals surface area (Å²) in [7, 11) is 0. The van der Waals surface area contributed by atoms with E-state index in [-0.39, 0.29) is 12.5 Å². The number of amides is 1. The highest BCUT2D eigenvalue weighted by molar-refractivity contribution is 5.76. The van der Waals surface area contributed by atoms with Crippen LogP contribution in [0.25, 0.3) is 11.3 Å². The van der Waals surface area contributed by atoms with E-state index in [1.165, 1.54) is 4.57 Å². The van der Waals surface area contributed by atoms with Crippen molar-refractivity contribution in [3.05, 3.63) is 46.6 Å². The minimum Gasteiger partial charge on any atom is -0.408 e. The lowest BCUT2D eigenvalue weighted by Gasteiger charge is -2.14. The number of hydrogen-bond donors (Lipinski definition) is 0. The number of aryl methyl sites for hydroxylation is 1. The molecule has 0 aliphatic carbocycles. The van der Waals surface area contributed by atoms with Crippen molar-refractivity contribution >= 4 is 5.91 Å². The molecule has 0 unspecified atom stereocenters. The SMILES string of the molecule is Cc1ccc(-c2cn(CC(=O)N3CCCC3)c(=O)o2)cc1. The highest BCUT2D eigenvalue weighted by Gasteiger charge is 2.19. The predicted molar refractivity (Wildman–Crippen MR) is 79.0 cm³/mol. The molecule has 1 fully saturated rings. The molecule has 1 aliphatic heterocycles. The third-order valence-electron chi connectivity index (χ3n) is 3.81. The van der Waals surface area contributed by atoms with E-state index in [1.54, 1.807) is 11.1 Å². The van der Waals surface area contributed by atoms with Gasteiger partial charge in [0.1, 0.15) is 6.54 Å². The molecular formula is C16H18N2O3. The second-order valence-electron chi connectivity index (χ2n) is 5.44. The van der Waals surface area contributed by atoms with Gasteiger partial charge in [0.2, 0.25) is 5.91 Å². The van der Waals surface area contributed by atoms with Crippen LogP contribution in [0.4, 0.5) is 0 Å². The van der Waals surface area contributed by atoms with Crippen LogP contribution in [0.1, 0.15) is 18.4 Å². The van der Waals surface area contributed by atoms with Gasteiger partial charge in [-0.1, -0.05) is 29.8 Å². The van der Waals surface area contributed by atoms with Gasteiger partial charge in [-0.15, -0.1) is 0 Å². The Bertz CT molecular complexity index is 691. The Labute approximate surface area is 122 Å². The van der Waals surface area contributed by atoms with Crippen LogP contribution < -0.4 is 5.76 Å². The zero-order valence-electron chi connectivity index (χ0n) is 12.0. The Hall–Kier alpha value is -2.30. The molecule has 0 saturated carbocycles. The molecular weight excluding hydrogens is 268 g/mol. The van der Waals surface area contributed by atoms with Gasteiger partial charge in [-0.2, -0.15) is 0 Å². The largest absolute Gasteiger partial charge is 0.419 e. The van der Waals surface area contributed by atoms with Gasteiger partial charge in [0.15, 0.2) is 5.76 Å². The van der Waals surface area contributed by atoms with Crippen molar-refractivity contribution in [3.8, 4) is 11.3 Å². The Morgan fingerprint density at radius 2 is 1.86 bits per heavy atom. The molecule has 0 spiro atoms. The van der Waals surface area contributed by atoms with Crippen molar-refractivity contribution in [2.24, 2.45) is 0 Å². The molecule has 1 amide bonds. The fourth-order valence-corrected chi connectivity index (χ4v) is 2.55. The lowest BCUT2D eigenvalue weighted by molar-refractivity contribution is -0.130. The molecule has 21 heavy (non-hydrogen) atoms. The first-order valence-corrected chi connectivity index (χ1v) is 7.18. The number of carbonyl (C=O) groups excluding carboxylic acids is 1. The van der Waals surface area contributed by atoms with E-state index in [4.69, 9.17) is 4.42 Å². The molecule has 2 heterocycles. The lowest BCUT2D eigenvalue weighted by atomic mass is 10.1. The number of carbonyl (C=O) groups is 1. The molecule has 110 valence electrons. The number of oxazole rings is 1. The molecule has 1 aliphatic rings. The predicted octanol–water partition coefficient (Wildman–Crippen LogP) is 2.04. The van der Waals surface area contributed by atoms with Gasteiger partial charge in [0, 0.05) is 18.7 Å². The minimum absolute atomic E-state index is 0.0224. The summed E-state index contributed by atoms with van der Waals surface area (Å²) in [6.07, 6.45) is 3.70. The molecule has 2 aromatic rings. The monoisotopic (exact) mass is 286 g/mol. The van der Waals surface area contributed by atoms with Gasteiger partial charge < -0.3 is 9.32 Å². The van der Waals surface area contributed by atoms with Crippen LogP contribution in [0.3, 0.4) is 0 Å². The smallest absolute Gasteiger partial charge is 0.408 e. The van der Waals surface area contributed by atoms with E-state index in [0.717, 1.165) is 37.1 Å². The maximum absolute atomic E-state index is 12.1. The van der Waals surface area contributed by atoms with Crippen molar-refractivity contribution in [3.63, 3.8) is 0 Å². The van der Waals surface area contributed by atoms with E-state index >= 15 is 0 Å². The maximum Gasteiger partial charge on any atom is 0.419 e. The quantitative estimate of drug-likeness (QED) is 0.867. The van der Waals surface area contributed by atoms with Crippen LogP contribution in [0.2, 0.25) is 0 Å². The van der Waals surface area contributed by atoms with E-state index in [1.807, 2.05) is 31.2 Å². The van der Waals surface area contributed by atoms with Crippen LogP contribution in [0.5, 0.6) is 0 Å². The van der Waals surface area contributed by atoms with Crippen LogP contribution in [0.15, 0.2) is 39.7 Å². The van der Waals surface area contributed by atoms with Crippen molar-refractivity contribution in [2.75, 3.05) is 13.1 Å². The molecule has 5 heteroatoms. The molecule has 1 saturated heterocycles. The topological polar surface area (TPSA) is 55.5 Å². The first-order valence-electron chi connectivity index (χ1n) is 7.18. The number of hydrogen-bond acceptors (Lipinski definition) is 3. The number of nitrogens with zero attached hydrogens (tertiary/aromatic N) is 2. The highest BCUT2D eigenvalue weighted by atomic mass is 16.4. The maximum atomic E-state index is 12.1. The summed E-state index contributed by atoms with van der Waals surface area (Å²) in [6, 6.07) is 7.73. The number of likely N-dealkylation sites (tertiary alicyclic amines) is 1. The van der Waals surface area contributed by atoms with E-state index < -0.39 is 5.76 Å². The summed E-state index contributed by atoms with van der Waals surface area (Å²) in [4.78, 5) is 25.7. The van der Waals surface area contributed by atoms with Crippen molar-refractivity contribution in [1.82, 2.24) is 9.47 Å². The summed E-state index contributed by atoms with van der Waals surface area (Å²) in [6.45, 7) is 3.63. The first-order chi connectivity index (χ1) is 10.1. The van der Waals surface area contributed by atoms with Gasteiger partial charge in [0.25, 0.3) is 0 Å². The van der Waals surface area contributed by atoms with E-state index in [9.17, 15) is 9.59 Å². The zero-order chi connectivity index (χ0) is 14.8. The molecule has 0 atom stereocenters. The Morgan fingerprint density at radius 1 is 1.19 bits per heavy atom. The molecule has 3 rings (SSSR count). The average Bonchev–Trinajstić information content (AvgIpc) is 3.10. The van der Waals surface area contributed by atoms with Crippen molar-refractivity contribution < 1.29 is 9.21 Å². The molecule has 0 bridgehead atoms. The summed E-state index contributed by atoms with van der Waals surface area (Å²) in [5.74, 6) is -0.0156. The molecule has 0 N–H and O–H groups in total. The average molecular weight is 286 g/mol. The third kappa shape index (κ3) is 2.91. The molecule has 1 aromatic heterocycles. The van der Waals surface area contributed by atoms with Crippen LogP contribution >= 0.6 is 0 Å². The van der Waals surface area contributed by atoms with Crippen LogP contribution in [0, 0.1) is 6.92 Å². The fourth-order valence-electron chi connectivity index (χ4n) is 2.55. The molecule has 0 radical (unpaired) electrons. The van der Waals surface area contributed by atoms with Gasteiger partial charge in [-0.05, 0) is 19.8 Å². The Balaban J connectivity index is 1.79. The summed E-state index contributed by atoms with van der Waals surface area (Å²) < 4.78 is 6.58. The molecule has 5 nitrogen and oxygen atoms in total. The summed E-state index contributed by atoms with van der Waals surface area (Å²) >= 11 is 0. The van der Waals surface area contributed by atoms with Gasteiger partial charge in [-0.25, -0.2) is 4.79 Å². The normalized spacial score (nSPS) is 14.6. The minimum atomic E-state index is -0.488. The standard InChI is InChI=1S/C16H18N2O3/c1-12-4-6-13(7-5-12)14-10-18(16(20)21-14)11-15(19)17-8-2-3-9-17/h4-7,10H,2-3,8-9,11H2,1H3. The fraction of sp³-hybridized carbons (Fsp3) is 0.375. The van der Waals surface area contributed by atoms with Gasteiger partial charge >= 0.3 is 5.76 Å². The second-order valence-corrected chi connectivity index (χ2v) is 5.44. The van der Waals surface area contributed by atoms with E-state index in [0.29, 0.717) is 5.76 Å². The van der Waals surface area contributed by atoms with Crippen molar-refractivity contribution in [1.29, 1.82) is 0 Å². The second kappa shape index (κ2) is 5.60. The summed E-state index contributed by atoms with van der Waals surface area (Å²) in [5.41, 5.74) is 1.98. The highest BCUT2D eigenvalue weighted by Crippen LogP contribution is 2.18. The first kappa shape index (κ1) is 13.7. The lowest BCUT2D eigenvalue weighted by Crippen LogP contribution is -2.33. The van der Waals surface area contributed by atoms with Crippen LogP contribution in [-0.4, -0.2) is 28.5 Å². The summed E-state index contributed by atoms with van der Waals surface area (Å²) in [5, 5.41) is 0. The van der Waals surface area contributed by atoms with Crippen LogP contribution in [-0.2, 0) is 11.3 Å². The third-order valence-corrected chi connectivity index (χ3v) is 3.81. The van der Waals surface area contributed by atoms with Gasteiger partial charge in [0.05, 0.1) is 6.20 Å². The molecule has 1 aromatic carbocycles. The van der Waals surface area contributed by atoms with Crippen molar-refractivity contribution in [2.45, 2.75) is 26.3 Å².